The second kappa shape index (κ2) is 8.47. The van der Waals surface area contributed by atoms with E-state index in [0.29, 0.717) is 16.4 Å². The Labute approximate surface area is 163 Å². The molecule has 0 aromatic heterocycles. The number of ketones is 1. The summed E-state index contributed by atoms with van der Waals surface area (Å²) in [5.41, 5.74) is 1.78. The van der Waals surface area contributed by atoms with Crippen molar-refractivity contribution in [1.82, 2.24) is 5.32 Å². The van der Waals surface area contributed by atoms with Crippen molar-refractivity contribution in [1.29, 1.82) is 0 Å². The third-order valence-corrected chi connectivity index (χ3v) is 5.15. The summed E-state index contributed by atoms with van der Waals surface area (Å²) < 4.78 is 0. The first-order chi connectivity index (χ1) is 12.6. The molecule has 0 spiro atoms. The second-order valence-corrected chi connectivity index (χ2v) is 8.52. The number of benzene rings is 1. The monoisotopic (exact) mass is 388 g/mol. The summed E-state index contributed by atoms with van der Waals surface area (Å²) in [5.74, 6) is -0.655. The maximum Gasteiger partial charge on any atom is 0.240 e. The van der Waals surface area contributed by atoms with E-state index in [1.165, 1.54) is 18.7 Å². The third kappa shape index (κ3) is 6.02. The maximum atomic E-state index is 12.2. The second-order valence-electron chi connectivity index (χ2n) is 7.33. The fraction of sp³-hybridized carbons (Fsp3) is 0.421. The smallest absolute Gasteiger partial charge is 0.240 e. The Morgan fingerprint density at radius 3 is 2.59 bits per heavy atom. The molecule has 1 atom stereocenters. The van der Waals surface area contributed by atoms with Gasteiger partial charge in [0.15, 0.2) is 11.0 Å². The molecular formula is C19H24N4O3S. The molecule has 1 saturated heterocycles. The highest BCUT2D eigenvalue weighted by Crippen LogP contribution is 2.24. The van der Waals surface area contributed by atoms with Gasteiger partial charge in [-0.3, -0.25) is 14.4 Å². The molecule has 0 bridgehead atoms. The summed E-state index contributed by atoms with van der Waals surface area (Å²) in [5, 5.41) is 13.4. The van der Waals surface area contributed by atoms with Gasteiger partial charge in [0.2, 0.25) is 11.8 Å². The van der Waals surface area contributed by atoms with E-state index < -0.39 is 5.25 Å². The van der Waals surface area contributed by atoms with Crippen molar-refractivity contribution in [3.8, 4) is 0 Å². The van der Waals surface area contributed by atoms with Crippen LogP contribution in [0.3, 0.4) is 0 Å². The van der Waals surface area contributed by atoms with Gasteiger partial charge < -0.3 is 10.6 Å². The number of amides is 2. The van der Waals surface area contributed by atoms with Gasteiger partial charge in [-0.05, 0) is 26.0 Å². The van der Waals surface area contributed by atoms with Gasteiger partial charge in [0.25, 0.3) is 0 Å². The highest BCUT2D eigenvalue weighted by Gasteiger charge is 2.32. The zero-order valence-corrected chi connectivity index (χ0v) is 16.9. The molecule has 27 heavy (non-hydrogen) atoms. The minimum atomic E-state index is -0.565. The molecular weight excluding hydrogens is 364 g/mol. The summed E-state index contributed by atoms with van der Waals surface area (Å²) in [6.45, 7) is 9.43. The van der Waals surface area contributed by atoms with E-state index in [4.69, 9.17) is 0 Å². The number of hydrogen-bond acceptors (Lipinski definition) is 6. The molecule has 144 valence electrons. The molecule has 0 unspecified atom stereocenters. The topological polar surface area (TPSA) is 100.0 Å². The third-order valence-electron chi connectivity index (χ3n) is 4.08. The minimum absolute atomic E-state index is 0.00177. The Morgan fingerprint density at radius 1 is 1.26 bits per heavy atom. The maximum absolute atomic E-state index is 12.2. The van der Waals surface area contributed by atoms with Crippen molar-refractivity contribution in [2.45, 2.75) is 46.3 Å². The number of Topliss-reactive ketones (excluding diaryl/α,β-unsaturated/α-hetero) is 1. The van der Waals surface area contributed by atoms with E-state index in [0.717, 1.165) is 5.71 Å². The Morgan fingerprint density at radius 2 is 1.96 bits per heavy atom. The highest BCUT2D eigenvalue weighted by atomic mass is 32.2. The predicted octanol–water partition coefficient (Wildman–Crippen LogP) is 3.23. The van der Waals surface area contributed by atoms with Crippen LogP contribution in [-0.2, 0) is 9.59 Å². The van der Waals surface area contributed by atoms with E-state index >= 15 is 0 Å². The van der Waals surface area contributed by atoms with Crippen LogP contribution >= 0.6 is 11.8 Å². The molecule has 1 fully saturated rings. The van der Waals surface area contributed by atoms with Crippen LogP contribution in [0.1, 0.15) is 51.4 Å². The molecule has 2 amide bonds. The normalized spacial score (nSPS) is 19.1. The van der Waals surface area contributed by atoms with Gasteiger partial charge in [0, 0.05) is 28.8 Å². The van der Waals surface area contributed by atoms with Crippen LogP contribution in [0.4, 0.5) is 5.69 Å². The van der Waals surface area contributed by atoms with E-state index in [1.807, 2.05) is 27.7 Å². The number of nitrogens with one attached hydrogen (secondary N) is 2. The van der Waals surface area contributed by atoms with Crippen LogP contribution < -0.4 is 10.6 Å². The molecule has 1 heterocycles. The Kier molecular flexibility index (Phi) is 6.54. The standard InChI is InChI=1S/C19H24N4O3S/c1-11(24)13-7-6-8-14(9-13)20-16(25)10-15-17(26)21-18(27-15)23-22-12(2)19(3,4)5/h6-9,15H,10H2,1-5H3,(H,20,25)(H,21,23,26)/b22-12-/t15-/m1/s1. The van der Waals surface area contributed by atoms with E-state index in [-0.39, 0.29) is 29.4 Å². The molecule has 2 N–H and O–H groups in total. The average Bonchev–Trinajstić information content (AvgIpc) is 2.91. The molecule has 7 nitrogen and oxygen atoms in total. The number of rotatable bonds is 5. The van der Waals surface area contributed by atoms with Crippen molar-refractivity contribution in [2.75, 3.05) is 5.32 Å². The number of carbonyl (C=O) groups is 3. The Bertz CT molecular complexity index is 824. The molecule has 0 aliphatic carbocycles. The lowest BCUT2D eigenvalue weighted by atomic mass is 9.91. The first-order valence-corrected chi connectivity index (χ1v) is 9.45. The molecule has 8 heteroatoms. The molecule has 0 saturated carbocycles. The van der Waals surface area contributed by atoms with Gasteiger partial charge in [-0.1, -0.05) is 44.7 Å². The number of nitrogens with zero attached hydrogens (tertiary/aromatic N) is 2. The van der Waals surface area contributed by atoms with Crippen LogP contribution in [0.25, 0.3) is 0 Å². The summed E-state index contributed by atoms with van der Waals surface area (Å²) in [4.78, 5) is 35.7. The predicted molar refractivity (Wildman–Crippen MR) is 109 cm³/mol. The zero-order valence-electron chi connectivity index (χ0n) is 16.1. The van der Waals surface area contributed by atoms with E-state index in [2.05, 4.69) is 20.8 Å². The van der Waals surface area contributed by atoms with E-state index in [1.54, 1.807) is 24.3 Å². The van der Waals surface area contributed by atoms with Crippen LogP contribution in [0, 0.1) is 5.41 Å². The zero-order chi connectivity index (χ0) is 20.2. The number of thioether (sulfide) groups is 1. The van der Waals surface area contributed by atoms with E-state index in [9.17, 15) is 14.4 Å². The lowest BCUT2D eigenvalue weighted by molar-refractivity contribution is -0.122. The SMILES string of the molecule is CC(=O)c1cccc(NC(=O)C[C@H]2S/C(=N/N=C(/C)C(C)(C)C)NC2=O)c1. The van der Waals surface area contributed by atoms with Crippen molar-refractivity contribution in [3.05, 3.63) is 29.8 Å². The molecule has 1 aliphatic heterocycles. The summed E-state index contributed by atoms with van der Waals surface area (Å²) in [7, 11) is 0. The number of hydrogen-bond donors (Lipinski definition) is 2. The largest absolute Gasteiger partial charge is 0.326 e. The van der Waals surface area contributed by atoms with Gasteiger partial charge in [0.1, 0.15) is 5.25 Å². The summed E-state index contributed by atoms with van der Waals surface area (Å²) in [6.07, 6.45) is 0.00177. The van der Waals surface area contributed by atoms with Crippen LogP contribution in [0.15, 0.2) is 34.5 Å². The number of carbonyl (C=O) groups excluding carboxylic acids is 3. The molecule has 2 rings (SSSR count). The number of amidine groups is 1. The van der Waals surface area contributed by atoms with Crippen molar-refractivity contribution >= 4 is 45.9 Å². The van der Waals surface area contributed by atoms with Gasteiger partial charge in [-0.15, -0.1) is 5.10 Å². The quantitative estimate of drug-likeness (QED) is 0.459. The van der Waals surface area contributed by atoms with Gasteiger partial charge in [-0.25, -0.2) is 0 Å². The molecule has 1 aliphatic rings. The number of anilines is 1. The fourth-order valence-electron chi connectivity index (χ4n) is 2.05. The van der Waals surface area contributed by atoms with Crippen molar-refractivity contribution < 1.29 is 14.4 Å². The minimum Gasteiger partial charge on any atom is -0.326 e. The van der Waals surface area contributed by atoms with Crippen LogP contribution in [0.5, 0.6) is 0 Å². The lowest BCUT2D eigenvalue weighted by Crippen LogP contribution is -2.28. The molecule has 1 aromatic carbocycles. The highest BCUT2D eigenvalue weighted by molar-refractivity contribution is 8.15. The fourth-order valence-corrected chi connectivity index (χ4v) is 2.97. The van der Waals surface area contributed by atoms with Gasteiger partial charge in [-0.2, -0.15) is 5.10 Å². The average molecular weight is 388 g/mol. The lowest BCUT2D eigenvalue weighted by Gasteiger charge is -2.16. The summed E-state index contributed by atoms with van der Waals surface area (Å²) >= 11 is 1.19. The van der Waals surface area contributed by atoms with Crippen molar-refractivity contribution in [2.24, 2.45) is 15.6 Å². The molecule has 1 aromatic rings. The van der Waals surface area contributed by atoms with Gasteiger partial charge >= 0.3 is 0 Å². The first-order valence-electron chi connectivity index (χ1n) is 8.57. The Balaban J connectivity index is 1.98. The molecule has 0 radical (unpaired) electrons. The van der Waals surface area contributed by atoms with Crippen molar-refractivity contribution in [3.63, 3.8) is 0 Å². The van der Waals surface area contributed by atoms with Crippen LogP contribution in [0.2, 0.25) is 0 Å². The Hall–Kier alpha value is -2.48. The van der Waals surface area contributed by atoms with Crippen LogP contribution in [-0.4, -0.2) is 33.7 Å². The first kappa shape index (κ1) is 20.8. The van der Waals surface area contributed by atoms with Gasteiger partial charge in [0.05, 0.1) is 0 Å². The summed E-state index contributed by atoms with van der Waals surface area (Å²) in [6, 6.07) is 6.69.